The van der Waals surface area contributed by atoms with E-state index in [0.717, 1.165) is 52.0 Å². The van der Waals surface area contributed by atoms with E-state index >= 15 is 0 Å². The number of fused-ring (bicyclic) bond motifs is 1. The third kappa shape index (κ3) is 4.24. The summed E-state index contributed by atoms with van der Waals surface area (Å²) in [5.41, 5.74) is 11.1. The van der Waals surface area contributed by atoms with Gasteiger partial charge in [0.1, 0.15) is 17.8 Å². The summed E-state index contributed by atoms with van der Waals surface area (Å²) >= 11 is 0. The average Bonchev–Trinajstić information content (AvgIpc) is 3.04. The Kier molecular flexibility index (Phi) is 5.43. The van der Waals surface area contributed by atoms with Gasteiger partial charge in [0.05, 0.1) is 11.6 Å². The van der Waals surface area contributed by atoms with Gasteiger partial charge in [-0.1, -0.05) is 17.7 Å². The van der Waals surface area contributed by atoms with E-state index in [-0.39, 0.29) is 6.54 Å². The Bertz CT molecular complexity index is 1260. The zero-order chi connectivity index (χ0) is 22.5. The summed E-state index contributed by atoms with van der Waals surface area (Å²) in [6.07, 6.45) is 8.50. The monoisotopic (exact) mass is 454 g/mol. The zero-order valence-corrected chi connectivity index (χ0v) is 19.4. The van der Waals surface area contributed by atoms with Crippen LogP contribution in [0.15, 0.2) is 30.7 Å². The number of anilines is 1. The van der Waals surface area contributed by atoms with E-state index in [1.807, 2.05) is 19.1 Å². The molecule has 1 aromatic carbocycles. The molecule has 3 N–H and O–H groups in total. The van der Waals surface area contributed by atoms with Gasteiger partial charge in [0.25, 0.3) is 0 Å². The Labute approximate surface area is 188 Å². The Morgan fingerprint density at radius 3 is 2.66 bits per heavy atom. The number of nitrogens with one attached hydrogen (secondary N) is 1. The number of hydrogen-bond donors (Lipinski definition) is 2. The highest BCUT2D eigenvalue weighted by atomic mass is 32.2. The fraction of sp³-hybridized carbons (Fsp3) is 0.478. The van der Waals surface area contributed by atoms with E-state index in [1.165, 1.54) is 38.6 Å². The predicted molar refractivity (Wildman–Crippen MR) is 127 cm³/mol. The van der Waals surface area contributed by atoms with Crippen LogP contribution in [0, 0.1) is 12.8 Å². The molecular formula is C23H30N6O2S. The van der Waals surface area contributed by atoms with E-state index in [0.29, 0.717) is 11.9 Å². The Balaban J connectivity index is 1.47. The van der Waals surface area contributed by atoms with Gasteiger partial charge in [0.2, 0.25) is 10.0 Å². The molecular weight excluding hydrogens is 424 g/mol. The molecule has 5 rings (SSSR count). The van der Waals surface area contributed by atoms with Gasteiger partial charge in [0, 0.05) is 30.9 Å². The fourth-order valence-electron chi connectivity index (χ4n) is 4.95. The molecule has 0 bridgehead atoms. The molecule has 3 aromatic rings. The van der Waals surface area contributed by atoms with Crippen molar-refractivity contribution < 1.29 is 8.42 Å². The van der Waals surface area contributed by atoms with Crippen LogP contribution < -0.4 is 10.5 Å². The largest absolute Gasteiger partial charge is 0.383 e. The second kappa shape index (κ2) is 8.13. The molecule has 1 aliphatic heterocycles. The summed E-state index contributed by atoms with van der Waals surface area (Å²) in [6.45, 7) is 5.95. The third-order valence-corrected chi connectivity index (χ3v) is 7.36. The maximum Gasteiger partial charge on any atom is 0.209 e. The Hall–Kier alpha value is -2.49. The first-order chi connectivity index (χ1) is 15.3. The molecule has 9 heteroatoms. The van der Waals surface area contributed by atoms with Gasteiger partial charge in [-0.05, 0) is 62.4 Å². The summed E-state index contributed by atoms with van der Waals surface area (Å²) < 4.78 is 27.9. The SMILES string of the molecule is Cc1cc(CNS(C)(=O)=O)cc(-c2cn(C3CC(CN4CCC4)C3)c3ncnc(N)c23)c1. The van der Waals surface area contributed by atoms with Crippen molar-refractivity contribution in [1.82, 2.24) is 24.2 Å². The molecule has 1 aliphatic carbocycles. The highest BCUT2D eigenvalue weighted by Crippen LogP contribution is 2.43. The zero-order valence-electron chi connectivity index (χ0n) is 18.6. The van der Waals surface area contributed by atoms with Crippen molar-refractivity contribution >= 4 is 26.9 Å². The second-order valence-corrected chi connectivity index (χ2v) is 11.2. The topological polar surface area (TPSA) is 106 Å². The summed E-state index contributed by atoms with van der Waals surface area (Å²) in [4.78, 5) is 11.4. The van der Waals surface area contributed by atoms with E-state index in [2.05, 4.69) is 36.4 Å². The maximum absolute atomic E-state index is 11.5. The molecule has 8 nitrogen and oxygen atoms in total. The standard InChI is InChI=1S/C23H30N6O2S/c1-15-6-16(11-27-32(2,30)31)8-18(7-15)20-13-29(23-21(20)22(24)25-14-26-23)19-9-17(10-19)12-28-4-3-5-28/h6-8,13-14,17,19,27H,3-5,9-12H2,1-2H3,(H2,24,25,26). The normalized spacial score (nSPS) is 21.4. The number of rotatable bonds is 7. The van der Waals surface area contributed by atoms with Gasteiger partial charge >= 0.3 is 0 Å². The summed E-state index contributed by atoms with van der Waals surface area (Å²) in [7, 11) is -3.27. The van der Waals surface area contributed by atoms with E-state index in [9.17, 15) is 8.42 Å². The number of nitrogen functional groups attached to an aromatic ring is 1. The van der Waals surface area contributed by atoms with Crippen LogP contribution in [0.3, 0.4) is 0 Å². The Morgan fingerprint density at radius 2 is 1.97 bits per heavy atom. The van der Waals surface area contributed by atoms with Crippen molar-refractivity contribution in [2.24, 2.45) is 5.92 Å². The number of nitrogens with zero attached hydrogens (tertiary/aromatic N) is 4. The molecule has 0 amide bonds. The van der Waals surface area contributed by atoms with Crippen molar-refractivity contribution in [3.05, 3.63) is 41.9 Å². The summed E-state index contributed by atoms with van der Waals surface area (Å²) in [5.74, 6) is 1.21. The molecule has 32 heavy (non-hydrogen) atoms. The molecule has 1 saturated carbocycles. The number of aryl methyl sites for hydroxylation is 1. The minimum absolute atomic E-state index is 0.249. The molecule has 0 atom stereocenters. The Morgan fingerprint density at radius 1 is 1.19 bits per heavy atom. The number of nitrogens with two attached hydrogens (primary N) is 1. The van der Waals surface area contributed by atoms with E-state index in [1.54, 1.807) is 0 Å². The molecule has 0 radical (unpaired) electrons. The van der Waals surface area contributed by atoms with E-state index < -0.39 is 10.0 Å². The van der Waals surface area contributed by atoms with Crippen LogP contribution in [0.4, 0.5) is 5.82 Å². The first-order valence-corrected chi connectivity index (χ1v) is 13.0. The molecule has 1 saturated heterocycles. The lowest BCUT2D eigenvalue weighted by atomic mass is 9.79. The minimum Gasteiger partial charge on any atom is -0.383 e. The van der Waals surface area contributed by atoms with Crippen LogP contribution >= 0.6 is 0 Å². The lowest BCUT2D eigenvalue weighted by Gasteiger charge is -2.42. The van der Waals surface area contributed by atoms with Gasteiger partial charge in [-0.3, -0.25) is 0 Å². The van der Waals surface area contributed by atoms with Crippen LogP contribution in [-0.4, -0.2) is 53.7 Å². The molecule has 3 heterocycles. The van der Waals surface area contributed by atoms with Gasteiger partial charge in [0.15, 0.2) is 0 Å². The van der Waals surface area contributed by atoms with Gasteiger partial charge in [-0.2, -0.15) is 0 Å². The number of likely N-dealkylation sites (tertiary alicyclic amines) is 1. The van der Waals surface area contributed by atoms with Crippen LogP contribution in [-0.2, 0) is 16.6 Å². The van der Waals surface area contributed by atoms with Crippen molar-refractivity contribution in [3.63, 3.8) is 0 Å². The van der Waals surface area contributed by atoms with Crippen LogP contribution in [0.1, 0.15) is 36.4 Å². The fourth-order valence-corrected chi connectivity index (χ4v) is 5.38. The van der Waals surface area contributed by atoms with Crippen molar-refractivity contribution in [1.29, 1.82) is 0 Å². The molecule has 2 aromatic heterocycles. The van der Waals surface area contributed by atoms with Crippen LogP contribution in [0.5, 0.6) is 0 Å². The van der Waals surface area contributed by atoms with Gasteiger partial charge < -0.3 is 15.2 Å². The quantitative estimate of drug-likeness (QED) is 0.569. The molecule has 2 fully saturated rings. The lowest BCUT2D eigenvalue weighted by molar-refractivity contribution is 0.0921. The van der Waals surface area contributed by atoms with E-state index in [4.69, 9.17) is 5.73 Å². The molecule has 2 aliphatic rings. The highest BCUT2D eigenvalue weighted by molar-refractivity contribution is 7.88. The maximum atomic E-state index is 11.5. The van der Waals surface area contributed by atoms with Crippen LogP contribution in [0.25, 0.3) is 22.2 Å². The van der Waals surface area contributed by atoms with Gasteiger partial charge in [-0.15, -0.1) is 0 Å². The molecule has 170 valence electrons. The van der Waals surface area contributed by atoms with Crippen molar-refractivity contribution in [3.8, 4) is 11.1 Å². The average molecular weight is 455 g/mol. The second-order valence-electron chi connectivity index (χ2n) is 9.35. The highest BCUT2D eigenvalue weighted by Gasteiger charge is 2.34. The number of hydrogen-bond acceptors (Lipinski definition) is 6. The lowest BCUT2D eigenvalue weighted by Crippen LogP contribution is -2.43. The molecule has 0 spiro atoms. The third-order valence-electron chi connectivity index (χ3n) is 6.69. The number of aromatic nitrogens is 3. The number of benzene rings is 1. The summed E-state index contributed by atoms with van der Waals surface area (Å²) in [5, 5.41) is 0.867. The van der Waals surface area contributed by atoms with Crippen LogP contribution in [0.2, 0.25) is 0 Å². The summed E-state index contributed by atoms with van der Waals surface area (Å²) in [6, 6.07) is 6.53. The minimum atomic E-state index is -3.27. The van der Waals surface area contributed by atoms with Crippen molar-refractivity contribution in [2.45, 2.75) is 38.8 Å². The van der Waals surface area contributed by atoms with Crippen molar-refractivity contribution in [2.75, 3.05) is 31.6 Å². The van der Waals surface area contributed by atoms with Gasteiger partial charge in [-0.25, -0.2) is 23.1 Å². The smallest absolute Gasteiger partial charge is 0.209 e. The predicted octanol–water partition coefficient (Wildman–Crippen LogP) is 2.69. The molecule has 0 unspecified atom stereocenters. The first-order valence-electron chi connectivity index (χ1n) is 11.2. The number of sulfonamides is 1. The first kappa shape index (κ1) is 21.4.